The summed E-state index contributed by atoms with van der Waals surface area (Å²) in [4.78, 5) is 12.0. The number of aromatic nitrogens is 4. The first kappa shape index (κ1) is 14.6. The Bertz CT molecular complexity index is 979. The van der Waals surface area contributed by atoms with Crippen LogP contribution in [0.4, 0.5) is 10.9 Å². The number of nitrogens with zero attached hydrogens (tertiary/aromatic N) is 5. The maximum atomic E-state index is 5.78. The summed E-state index contributed by atoms with van der Waals surface area (Å²) in [7, 11) is 3.84. The molecule has 0 bridgehead atoms. The number of anilines is 2. The second-order valence-corrected chi connectivity index (χ2v) is 6.25. The zero-order valence-electron chi connectivity index (χ0n) is 13.2. The molecule has 0 saturated carbocycles. The SMILES string of the molecule is CN(c1ccn(C)n1)c1nc2ccc(Oc3ccccc3)nc2s1. The molecule has 4 aromatic rings. The van der Waals surface area contributed by atoms with Gasteiger partial charge in [-0.2, -0.15) is 5.10 Å². The van der Waals surface area contributed by atoms with Gasteiger partial charge in [0.25, 0.3) is 0 Å². The lowest BCUT2D eigenvalue weighted by atomic mass is 10.3. The molecule has 3 heterocycles. The van der Waals surface area contributed by atoms with E-state index in [0.717, 1.165) is 27.0 Å². The van der Waals surface area contributed by atoms with Gasteiger partial charge >= 0.3 is 0 Å². The topological polar surface area (TPSA) is 56.1 Å². The Morgan fingerprint density at radius 1 is 1.04 bits per heavy atom. The number of pyridine rings is 1. The molecule has 0 aliphatic carbocycles. The summed E-state index contributed by atoms with van der Waals surface area (Å²) < 4.78 is 7.55. The third-order valence-corrected chi connectivity index (χ3v) is 4.56. The molecular weight excluding hydrogens is 322 g/mol. The molecule has 0 spiro atoms. The molecular formula is C17H15N5OS. The third kappa shape index (κ3) is 2.81. The molecule has 0 amide bonds. The fraction of sp³-hybridized carbons (Fsp3) is 0.118. The molecule has 1 aromatic carbocycles. The van der Waals surface area contributed by atoms with Gasteiger partial charge < -0.3 is 9.64 Å². The Morgan fingerprint density at radius 2 is 1.88 bits per heavy atom. The number of benzene rings is 1. The van der Waals surface area contributed by atoms with Crippen LogP contribution in [0.15, 0.2) is 54.7 Å². The van der Waals surface area contributed by atoms with Crippen molar-refractivity contribution in [1.82, 2.24) is 19.7 Å². The highest BCUT2D eigenvalue weighted by atomic mass is 32.1. The van der Waals surface area contributed by atoms with Crippen molar-refractivity contribution >= 4 is 32.6 Å². The fourth-order valence-corrected chi connectivity index (χ4v) is 3.18. The molecule has 0 radical (unpaired) electrons. The van der Waals surface area contributed by atoms with Gasteiger partial charge in [0.05, 0.1) is 0 Å². The van der Waals surface area contributed by atoms with Gasteiger partial charge in [-0.05, 0) is 18.2 Å². The van der Waals surface area contributed by atoms with E-state index in [1.807, 2.05) is 73.7 Å². The number of thiazole rings is 1. The number of hydrogen-bond donors (Lipinski definition) is 0. The summed E-state index contributed by atoms with van der Waals surface area (Å²) in [5, 5.41) is 5.24. The summed E-state index contributed by atoms with van der Waals surface area (Å²) in [6.07, 6.45) is 1.91. The minimum absolute atomic E-state index is 0.560. The number of hydrogen-bond acceptors (Lipinski definition) is 6. The fourth-order valence-electron chi connectivity index (χ4n) is 2.28. The van der Waals surface area contributed by atoms with Crippen molar-refractivity contribution < 1.29 is 4.74 Å². The van der Waals surface area contributed by atoms with Crippen LogP contribution in [-0.2, 0) is 7.05 Å². The average Bonchev–Trinajstić information content (AvgIpc) is 3.21. The lowest BCUT2D eigenvalue weighted by Gasteiger charge is -2.11. The van der Waals surface area contributed by atoms with Crippen LogP contribution in [0.5, 0.6) is 11.6 Å². The van der Waals surface area contributed by atoms with Crippen LogP contribution in [0.2, 0.25) is 0 Å². The van der Waals surface area contributed by atoms with E-state index in [2.05, 4.69) is 15.1 Å². The van der Waals surface area contributed by atoms with Crippen LogP contribution in [-0.4, -0.2) is 26.8 Å². The summed E-state index contributed by atoms with van der Waals surface area (Å²) in [6.45, 7) is 0. The Labute approximate surface area is 143 Å². The van der Waals surface area contributed by atoms with E-state index in [1.54, 1.807) is 4.68 Å². The van der Waals surface area contributed by atoms with Crippen molar-refractivity contribution in [2.24, 2.45) is 7.05 Å². The maximum Gasteiger partial charge on any atom is 0.220 e. The molecule has 6 nitrogen and oxygen atoms in total. The molecule has 3 aromatic heterocycles. The van der Waals surface area contributed by atoms with Crippen molar-refractivity contribution in [3.8, 4) is 11.6 Å². The van der Waals surface area contributed by atoms with Crippen molar-refractivity contribution in [2.75, 3.05) is 11.9 Å². The second kappa shape index (κ2) is 5.93. The molecule has 0 fully saturated rings. The first-order valence-electron chi connectivity index (χ1n) is 7.43. The van der Waals surface area contributed by atoms with Crippen molar-refractivity contribution in [3.63, 3.8) is 0 Å². The predicted octanol–water partition coefficient (Wildman–Crippen LogP) is 3.99. The van der Waals surface area contributed by atoms with Crippen LogP contribution >= 0.6 is 11.3 Å². The first-order valence-corrected chi connectivity index (χ1v) is 8.24. The van der Waals surface area contributed by atoms with Gasteiger partial charge in [0, 0.05) is 32.4 Å². The van der Waals surface area contributed by atoms with E-state index in [-0.39, 0.29) is 0 Å². The number of fused-ring (bicyclic) bond motifs is 1. The summed E-state index contributed by atoms with van der Waals surface area (Å²) in [5.41, 5.74) is 0.846. The standard InChI is InChI=1S/C17H15N5OS/c1-21-11-10-14(20-21)22(2)17-18-13-8-9-15(19-16(13)24-17)23-12-6-4-3-5-7-12/h3-11H,1-2H3. The van der Waals surface area contributed by atoms with Crippen LogP contribution in [0.3, 0.4) is 0 Å². The molecule has 0 saturated heterocycles. The lowest BCUT2D eigenvalue weighted by Crippen LogP contribution is -2.09. The summed E-state index contributed by atoms with van der Waals surface area (Å²) in [5.74, 6) is 2.17. The Hall–Kier alpha value is -2.93. The van der Waals surface area contributed by atoms with Crippen LogP contribution in [0.25, 0.3) is 10.3 Å². The highest BCUT2D eigenvalue weighted by Gasteiger charge is 2.13. The zero-order chi connectivity index (χ0) is 16.5. The van der Waals surface area contributed by atoms with Crippen LogP contribution in [0.1, 0.15) is 0 Å². The second-order valence-electron chi connectivity index (χ2n) is 5.29. The average molecular weight is 337 g/mol. The monoisotopic (exact) mass is 337 g/mol. The van der Waals surface area contributed by atoms with E-state index in [4.69, 9.17) is 4.74 Å². The number of aryl methyl sites for hydroxylation is 1. The highest BCUT2D eigenvalue weighted by molar-refractivity contribution is 7.21. The molecule has 0 aliphatic heterocycles. The van der Waals surface area contributed by atoms with Crippen molar-refractivity contribution in [2.45, 2.75) is 0 Å². The molecule has 7 heteroatoms. The smallest absolute Gasteiger partial charge is 0.220 e. The van der Waals surface area contributed by atoms with Gasteiger partial charge in [-0.25, -0.2) is 9.97 Å². The third-order valence-electron chi connectivity index (χ3n) is 3.51. The minimum atomic E-state index is 0.560. The first-order chi connectivity index (χ1) is 11.7. The van der Waals surface area contributed by atoms with E-state index in [1.165, 1.54) is 11.3 Å². The van der Waals surface area contributed by atoms with Crippen LogP contribution < -0.4 is 9.64 Å². The number of ether oxygens (including phenoxy) is 1. The molecule has 0 N–H and O–H groups in total. The van der Waals surface area contributed by atoms with Gasteiger partial charge in [-0.15, -0.1) is 0 Å². The largest absolute Gasteiger partial charge is 0.439 e. The molecule has 0 unspecified atom stereocenters. The molecule has 0 aliphatic rings. The van der Waals surface area contributed by atoms with Crippen LogP contribution in [0, 0.1) is 0 Å². The lowest BCUT2D eigenvalue weighted by molar-refractivity contribution is 0.465. The highest BCUT2D eigenvalue weighted by Crippen LogP contribution is 2.32. The normalized spacial score (nSPS) is 10.9. The van der Waals surface area contributed by atoms with E-state index in [0.29, 0.717) is 5.88 Å². The van der Waals surface area contributed by atoms with E-state index < -0.39 is 0 Å². The minimum Gasteiger partial charge on any atom is -0.439 e. The Morgan fingerprint density at radius 3 is 2.62 bits per heavy atom. The predicted molar refractivity (Wildman–Crippen MR) is 95.2 cm³/mol. The van der Waals surface area contributed by atoms with Gasteiger partial charge in [0.2, 0.25) is 5.88 Å². The van der Waals surface area contributed by atoms with E-state index >= 15 is 0 Å². The quantitative estimate of drug-likeness (QED) is 0.564. The molecule has 24 heavy (non-hydrogen) atoms. The number of rotatable bonds is 4. The van der Waals surface area contributed by atoms with Gasteiger partial charge in [-0.3, -0.25) is 4.68 Å². The molecule has 120 valence electrons. The Kier molecular flexibility index (Phi) is 3.62. The number of para-hydroxylation sites is 1. The van der Waals surface area contributed by atoms with Crippen molar-refractivity contribution in [3.05, 3.63) is 54.7 Å². The molecule has 0 atom stereocenters. The van der Waals surface area contributed by atoms with Gasteiger partial charge in [0.1, 0.15) is 16.1 Å². The van der Waals surface area contributed by atoms with Gasteiger partial charge in [0.15, 0.2) is 10.9 Å². The molecule has 4 rings (SSSR count). The van der Waals surface area contributed by atoms with Crippen molar-refractivity contribution in [1.29, 1.82) is 0 Å². The zero-order valence-corrected chi connectivity index (χ0v) is 14.1. The maximum absolute atomic E-state index is 5.78. The Balaban J connectivity index is 1.63. The summed E-state index contributed by atoms with van der Waals surface area (Å²) in [6, 6.07) is 15.3. The van der Waals surface area contributed by atoms with Gasteiger partial charge in [-0.1, -0.05) is 29.5 Å². The van der Waals surface area contributed by atoms with E-state index in [9.17, 15) is 0 Å². The summed E-state index contributed by atoms with van der Waals surface area (Å²) >= 11 is 1.51.